The van der Waals surface area contributed by atoms with Crippen LogP contribution in [0.5, 0.6) is 5.75 Å². The second kappa shape index (κ2) is 8.98. The van der Waals surface area contributed by atoms with Gasteiger partial charge in [-0.05, 0) is 31.2 Å². The van der Waals surface area contributed by atoms with E-state index in [1.807, 2.05) is 4.90 Å². The number of hydrogen-bond acceptors (Lipinski definition) is 3. The van der Waals surface area contributed by atoms with Crippen LogP contribution in [0.1, 0.15) is 6.92 Å². The highest BCUT2D eigenvalue weighted by Gasteiger charge is 2.11. The average Bonchev–Trinajstić information content (AvgIpc) is 2.44. The highest BCUT2D eigenvalue weighted by atomic mass is 19.1. The number of halogens is 1. The predicted molar refractivity (Wildman–Crippen MR) is 76.6 cm³/mol. The standard InChI is InChI=1S/C16H18FNO2/c1-3-5-11-18(10-4-2)12-15(19)13-20-16-8-6-14(17)7-9-16/h2,6-9,15,19H,10-13H2,1H3. The fraction of sp³-hybridized carbons (Fsp3) is 0.375. The molecule has 1 atom stereocenters. The number of rotatable bonds is 7. The molecule has 0 aromatic heterocycles. The molecule has 1 aromatic rings. The molecule has 0 amide bonds. The molecule has 0 bridgehead atoms. The van der Waals surface area contributed by atoms with Crippen molar-refractivity contribution < 1.29 is 14.2 Å². The number of aliphatic hydroxyl groups excluding tert-OH is 1. The number of aliphatic hydroxyl groups is 1. The van der Waals surface area contributed by atoms with Crippen LogP contribution in [0.2, 0.25) is 0 Å². The monoisotopic (exact) mass is 275 g/mol. The lowest BCUT2D eigenvalue weighted by molar-refractivity contribution is 0.0765. The fourth-order valence-electron chi connectivity index (χ4n) is 1.58. The third-order valence-electron chi connectivity index (χ3n) is 2.52. The molecule has 106 valence electrons. The zero-order chi connectivity index (χ0) is 14.8. The van der Waals surface area contributed by atoms with Gasteiger partial charge in [0.2, 0.25) is 0 Å². The zero-order valence-electron chi connectivity index (χ0n) is 11.5. The number of hydrogen-bond donors (Lipinski definition) is 1. The molecule has 4 heteroatoms. The van der Waals surface area contributed by atoms with Crippen LogP contribution in [0.4, 0.5) is 4.39 Å². The lowest BCUT2D eigenvalue weighted by Crippen LogP contribution is -2.36. The molecular formula is C16H18FNO2. The van der Waals surface area contributed by atoms with E-state index in [0.717, 1.165) is 0 Å². The molecule has 3 nitrogen and oxygen atoms in total. The van der Waals surface area contributed by atoms with Crippen LogP contribution in [-0.4, -0.2) is 42.4 Å². The molecule has 1 rings (SSSR count). The Hall–Kier alpha value is -2.01. The van der Waals surface area contributed by atoms with Crippen molar-refractivity contribution in [3.05, 3.63) is 30.1 Å². The van der Waals surface area contributed by atoms with E-state index in [-0.39, 0.29) is 12.4 Å². The second-order valence-electron chi connectivity index (χ2n) is 4.22. The molecule has 0 spiro atoms. The van der Waals surface area contributed by atoms with Crippen molar-refractivity contribution >= 4 is 0 Å². The molecule has 0 saturated heterocycles. The van der Waals surface area contributed by atoms with E-state index >= 15 is 0 Å². The van der Waals surface area contributed by atoms with Crippen LogP contribution in [0.15, 0.2) is 24.3 Å². The molecule has 0 fully saturated rings. The van der Waals surface area contributed by atoms with Crippen LogP contribution >= 0.6 is 0 Å². The van der Waals surface area contributed by atoms with Gasteiger partial charge in [0, 0.05) is 6.54 Å². The zero-order valence-corrected chi connectivity index (χ0v) is 11.5. The van der Waals surface area contributed by atoms with Gasteiger partial charge in [-0.25, -0.2) is 4.39 Å². The number of ether oxygens (including phenoxy) is 1. The number of nitrogens with zero attached hydrogens (tertiary/aromatic N) is 1. The van der Waals surface area contributed by atoms with Gasteiger partial charge < -0.3 is 9.84 Å². The summed E-state index contributed by atoms with van der Waals surface area (Å²) >= 11 is 0. The quantitative estimate of drug-likeness (QED) is 0.766. The summed E-state index contributed by atoms with van der Waals surface area (Å²) in [5.41, 5.74) is 0. The smallest absolute Gasteiger partial charge is 0.123 e. The minimum atomic E-state index is -0.688. The van der Waals surface area contributed by atoms with Gasteiger partial charge in [-0.2, -0.15) is 0 Å². The van der Waals surface area contributed by atoms with Crippen molar-refractivity contribution in [1.29, 1.82) is 0 Å². The van der Waals surface area contributed by atoms with Crippen molar-refractivity contribution in [2.75, 3.05) is 26.2 Å². The fourth-order valence-corrected chi connectivity index (χ4v) is 1.58. The molecule has 0 aliphatic heterocycles. The van der Waals surface area contributed by atoms with Crippen LogP contribution < -0.4 is 4.74 Å². The van der Waals surface area contributed by atoms with Crippen LogP contribution in [0, 0.1) is 30.0 Å². The summed E-state index contributed by atoms with van der Waals surface area (Å²) in [6.07, 6.45) is 4.58. The third kappa shape index (κ3) is 6.24. The number of terminal acetylenes is 1. The molecule has 0 aliphatic rings. The van der Waals surface area contributed by atoms with Crippen molar-refractivity contribution in [3.8, 4) is 29.9 Å². The van der Waals surface area contributed by atoms with E-state index < -0.39 is 6.10 Å². The van der Waals surface area contributed by atoms with E-state index in [9.17, 15) is 9.50 Å². The number of benzene rings is 1. The molecule has 0 aliphatic carbocycles. The third-order valence-corrected chi connectivity index (χ3v) is 2.52. The van der Waals surface area contributed by atoms with Crippen LogP contribution in [-0.2, 0) is 0 Å². The van der Waals surface area contributed by atoms with Gasteiger partial charge in [0.25, 0.3) is 0 Å². The van der Waals surface area contributed by atoms with Gasteiger partial charge >= 0.3 is 0 Å². The van der Waals surface area contributed by atoms with E-state index in [1.54, 1.807) is 6.92 Å². The van der Waals surface area contributed by atoms with Crippen molar-refractivity contribution in [1.82, 2.24) is 4.90 Å². The molecular weight excluding hydrogens is 257 g/mol. The largest absolute Gasteiger partial charge is 0.491 e. The molecule has 1 unspecified atom stereocenters. The van der Waals surface area contributed by atoms with Crippen molar-refractivity contribution in [2.45, 2.75) is 13.0 Å². The molecule has 1 aromatic carbocycles. The lowest BCUT2D eigenvalue weighted by atomic mass is 10.3. The Balaban J connectivity index is 2.40. The highest BCUT2D eigenvalue weighted by molar-refractivity contribution is 5.22. The van der Waals surface area contributed by atoms with Gasteiger partial charge in [0.1, 0.15) is 24.3 Å². The summed E-state index contributed by atoms with van der Waals surface area (Å²) in [6.45, 7) is 3.17. The summed E-state index contributed by atoms with van der Waals surface area (Å²) in [6, 6.07) is 5.65. The Labute approximate surface area is 119 Å². The maximum atomic E-state index is 12.7. The Bertz CT molecular complexity index is 496. The topological polar surface area (TPSA) is 32.7 Å². The molecule has 0 heterocycles. The highest BCUT2D eigenvalue weighted by Crippen LogP contribution is 2.11. The van der Waals surface area contributed by atoms with E-state index in [1.165, 1.54) is 24.3 Å². The SMILES string of the molecule is C#CCN(CC#CC)CC(O)COc1ccc(F)cc1. The maximum absolute atomic E-state index is 12.7. The van der Waals surface area contributed by atoms with Gasteiger partial charge in [0.05, 0.1) is 13.1 Å². The molecule has 0 saturated carbocycles. The van der Waals surface area contributed by atoms with Crippen LogP contribution in [0.3, 0.4) is 0 Å². The van der Waals surface area contributed by atoms with E-state index in [0.29, 0.717) is 25.4 Å². The Morgan fingerprint density at radius 3 is 2.65 bits per heavy atom. The predicted octanol–water partition coefficient (Wildman–Crippen LogP) is 1.52. The minimum Gasteiger partial charge on any atom is -0.491 e. The Morgan fingerprint density at radius 2 is 2.05 bits per heavy atom. The molecule has 1 N–H and O–H groups in total. The summed E-state index contributed by atoms with van der Waals surface area (Å²) in [7, 11) is 0. The average molecular weight is 275 g/mol. The minimum absolute atomic E-state index is 0.117. The second-order valence-corrected chi connectivity index (χ2v) is 4.22. The van der Waals surface area contributed by atoms with E-state index in [4.69, 9.17) is 11.2 Å². The summed E-state index contributed by atoms with van der Waals surface area (Å²) in [5, 5.41) is 9.90. The summed E-state index contributed by atoms with van der Waals surface area (Å²) < 4.78 is 18.1. The molecule has 0 radical (unpaired) electrons. The molecule has 20 heavy (non-hydrogen) atoms. The van der Waals surface area contributed by atoms with Gasteiger partial charge in [-0.1, -0.05) is 11.8 Å². The normalized spacial score (nSPS) is 11.3. The maximum Gasteiger partial charge on any atom is 0.123 e. The van der Waals surface area contributed by atoms with Crippen molar-refractivity contribution in [2.24, 2.45) is 0 Å². The van der Waals surface area contributed by atoms with Gasteiger partial charge in [-0.15, -0.1) is 12.3 Å². The van der Waals surface area contributed by atoms with Crippen LogP contribution in [0.25, 0.3) is 0 Å². The van der Waals surface area contributed by atoms with Gasteiger partial charge in [-0.3, -0.25) is 4.90 Å². The van der Waals surface area contributed by atoms with Crippen molar-refractivity contribution in [3.63, 3.8) is 0 Å². The first-order valence-corrected chi connectivity index (χ1v) is 6.27. The van der Waals surface area contributed by atoms with E-state index in [2.05, 4.69) is 17.8 Å². The first-order valence-electron chi connectivity index (χ1n) is 6.27. The first kappa shape index (κ1) is 16.0. The van der Waals surface area contributed by atoms with Gasteiger partial charge in [0.15, 0.2) is 0 Å². The summed E-state index contributed by atoms with van der Waals surface area (Å²) in [5.74, 6) is 8.41. The summed E-state index contributed by atoms with van der Waals surface area (Å²) in [4.78, 5) is 1.86. The first-order chi connectivity index (χ1) is 9.65. The Morgan fingerprint density at radius 1 is 1.35 bits per heavy atom. The Kier molecular flexibility index (Phi) is 7.21. The lowest BCUT2D eigenvalue weighted by Gasteiger charge is -2.21.